The predicted octanol–water partition coefficient (Wildman–Crippen LogP) is 7.71. The monoisotopic (exact) mass is 471 g/mol. The van der Waals surface area contributed by atoms with Crippen LogP contribution in [0, 0.1) is 0 Å². The SMILES string of the molecule is C=Cc1ccccc1.CCCCCCCCCCCCCCCCN(C)C.O=S(=O)(O)O. The molecule has 2 N–H and O–H groups in total. The molecule has 32 heavy (non-hydrogen) atoms. The summed E-state index contributed by atoms with van der Waals surface area (Å²) >= 11 is 0. The van der Waals surface area contributed by atoms with E-state index >= 15 is 0 Å². The molecule has 0 fully saturated rings. The first-order chi connectivity index (χ1) is 15.2. The number of nitrogens with zero attached hydrogens (tertiary/aromatic N) is 1. The highest BCUT2D eigenvalue weighted by Crippen LogP contribution is 2.12. The molecule has 0 radical (unpaired) electrons. The highest BCUT2D eigenvalue weighted by molar-refractivity contribution is 7.79. The van der Waals surface area contributed by atoms with Crippen LogP contribution in [0.15, 0.2) is 36.9 Å². The van der Waals surface area contributed by atoms with E-state index in [1.54, 1.807) is 0 Å². The lowest BCUT2D eigenvalue weighted by atomic mass is 10.0. The molecule has 0 bridgehead atoms. The van der Waals surface area contributed by atoms with Crippen LogP contribution in [0.3, 0.4) is 0 Å². The third-order valence-corrected chi connectivity index (χ3v) is 4.99. The van der Waals surface area contributed by atoms with Crippen molar-refractivity contribution in [3.63, 3.8) is 0 Å². The number of unbranched alkanes of at least 4 members (excludes halogenated alkanes) is 13. The summed E-state index contributed by atoms with van der Waals surface area (Å²) < 4.78 is 31.6. The van der Waals surface area contributed by atoms with Crippen molar-refractivity contribution in [3.05, 3.63) is 42.5 Å². The van der Waals surface area contributed by atoms with Crippen LogP contribution in [-0.2, 0) is 10.4 Å². The van der Waals surface area contributed by atoms with Crippen LogP contribution < -0.4 is 0 Å². The van der Waals surface area contributed by atoms with Crippen LogP contribution in [0.1, 0.15) is 102 Å². The van der Waals surface area contributed by atoms with Gasteiger partial charge in [0, 0.05) is 0 Å². The van der Waals surface area contributed by atoms with E-state index in [1.165, 1.54) is 102 Å². The number of hydrogen-bond acceptors (Lipinski definition) is 3. The van der Waals surface area contributed by atoms with Crippen molar-refractivity contribution < 1.29 is 17.5 Å². The van der Waals surface area contributed by atoms with E-state index in [0.29, 0.717) is 0 Å². The molecule has 1 aromatic carbocycles. The van der Waals surface area contributed by atoms with Crippen LogP contribution in [0.5, 0.6) is 0 Å². The zero-order valence-electron chi connectivity index (χ0n) is 20.8. The second-order valence-corrected chi connectivity index (χ2v) is 9.36. The summed E-state index contributed by atoms with van der Waals surface area (Å²) in [5, 5.41) is 0. The third kappa shape index (κ3) is 36.2. The van der Waals surface area contributed by atoms with Crippen molar-refractivity contribution in [2.45, 2.75) is 96.8 Å². The maximum atomic E-state index is 8.74. The smallest absolute Gasteiger partial charge is 0.309 e. The molecule has 0 aliphatic carbocycles. The van der Waals surface area contributed by atoms with Crippen molar-refractivity contribution in [2.75, 3.05) is 20.6 Å². The molecular weight excluding hydrogens is 422 g/mol. The summed E-state index contributed by atoms with van der Waals surface area (Å²) in [5.41, 5.74) is 1.17. The topological polar surface area (TPSA) is 77.8 Å². The molecule has 0 unspecified atom stereocenters. The Balaban J connectivity index is 0. The lowest BCUT2D eigenvalue weighted by Gasteiger charge is -2.08. The molecule has 0 atom stereocenters. The van der Waals surface area contributed by atoms with E-state index in [9.17, 15) is 0 Å². The first kappa shape index (κ1) is 33.0. The molecule has 0 saturated carbocycles. The van der Waals surface area contributed by atoms with Gasteiger partial charge in [0.15, 0.2) is 0 Å². The molecule has 188 valence electrons. The fourth-order valence-corrected chi connectivity index (χ4v) is 3.21. The van der Waals surface area contributed by atoms with E-state index in [-0.39, 0.29) is 0 Å². The molecule has 1 rings (SSSR count). The van der Waals surface area contributed by atoms with Crippen LogP contribution in [0.4, 0.5) is 0 Å². The molecule has 0 amide bonds. The minimum absolute atomic E-state index is 1.17. The van der Waals surface area contributed by atoms with Crippen LogP contribution in [0.2, 0.25) is 0 Å². The Morgan fingerprint density at radius 2 is 1.09 bits per heavy atom. The fourth-order valence-electron chi connectivity index (χ4n) is 3.21. The van der Waals surface area contributed by atoms with Gasteiger partial charge in [0.2, 0.25) is 0 Å². The zero-order chi connectivity index (χ0) is 24.5. The highest BCUT2D eigenvalue weighted by atomic mass is 32.3. The number of rotatable bonds is 16. The Bertz CT molecular complexity index is 596. The van der Waals surface area contributed by atoms with E-state index in [4.69, 9.17) is 17.5 Å². The summed E-state index contributed by atoms with van der Waals surface area (Å²) in [6.07, 6.45) is 22.1. The van der Waals surface area contributed by atoms with Crippen LogP contribution >= 0.6 is 0 Å². The van der Waals surface area contributed by atoms with Crippen molar-refractivity contribution in [2.24, 2.45) is 0 Å². The lowest BCUT2D eigenvalue weighted by Crippen LogP contribution is -2.12. The van der Waals surface area contributed by atoms with Gasteiger partial charge in [-0.05, 0) is 32.6 Å². The molecule has 6 heteroatoms. The van der Waals surface area contributed by atoms with E-state index < -0.39 is 10.4 Å². The summed E-state index contributed by atoms with van der Waals surface area (Å²) in [6, 6.07) is 10.0. The van der Waals surface area contributed by atoms with Gasteiger partial charge in [-0.15, -0.1) is 0 Å². The van der Waals surface area contributed by atoms with Crippen LogP contribution in [-0.4, -0.2) is 43.1 Å². The molecule has 0 aromatic heterocycles. The first-order valence-corrected chi connectivity index (χ1v) is 13.6. The van der Waals surface area contributed by atoms with Crippen molar-refractivity contribution >= 4 is 16.5 Å². The molecule has 0 saturated heterocycles. The minimum Gasteiger partial charge on any atom is -0.309 e. The molecule has 0 aliphatic heterocycles. The number of benzene rings is 1. The fraction of sp³-hybridized carbons (Fsp3) is 0.692. The maximum Gasteiger partial charge on any atom is 0.394 e. The van der Waals surface area contributed by atoms with Gasteiger partial charge < -0.3 is 4.90 Å². The lowest BCUT2D eigenvalue weighted by molar-refractivity contribution is 0.381. The maximum absolute atomic E-state index is 8.74. The van der Waals surface area contributed by atoms with Gasteiger partial charge in [-0.3, -0.25) is 9.11 Å². The predicted molar refractivity (Wildman–Crippen MR) is 140 cm³/mol. The average Bonchev–Trinajstić information content (AvgIpc) is 2.73. The second kappa shape index (κ2) is 24.4. The first-order valence-electron chi connectivity index (χ1n) is 12.2. The molecule has 0 heterocycles. The van der Waals surface area contributed by atoms with Gasteiger partial charge in [-0.25, -0.2) is 0 Å². The van der Waals surface area contributed by atoms with Crippen molar-refractivity contribution in [1.29, 1.82) is 0 Å². The van der Waals surface area contributed by atoms with Gasteiger partial charge in [0.05, 0.1) is 0 Å². The normalized spacial score (nSPS) is 10.7. The van der Waals surface area contributed by atoms with E-state index in [1.807, 2.05) is 36.4 Å². The van der Waals surface area contributed by atoms with Crippen molar-refractivity contribution in [1.82, 2.24) is 4.90 Å². The Hall–Kier alpha value is -1.21. The third-order valence-electron chi connectivity index (χ3n) is 4.99. The molecule has 1 aromatic rings. The van der Waals surface area contributed by atoms with Gasteiger partial charge >= 0.3 is 10.4 Å². The van der Waals surface area contributed by atoms with Gasteiger partial charge in [0.1, 0.15) is 0 Å². The molecule has 5 nitrogen and oxygen atoms in total. The Morgan fingerprint density at radius 3 is 1.38 bits per heavy atom. The molecular formula is C26H49NO4S. The summed E-state index contributed by atoms with van der Waals surface area (Å²) in [5.74, 6) is 0. The summed E-state index contributed by atoms with van der Waals surface area (Å²) in [7, 11) is -0.329. The van der Waals surface area contributed by atoms with Crippen molar-refractivity contribution in [3.8, 4) is 0 Å². The molecule has 0 spiro atoms. The molecule has 0 aliphatic rings. The standard InChI is InChI=1S/C18H39N.C8H8.H2O4S/c1-4-5-6-7-8-9-10-11-12-13-14-15-16-17-18-19(2)3;1-2-8-6-4-3-5-7-8;1-5(2,3)4/h4-18H2,1-3H3;2-7H,1H2;(H2,1,2,3,4). The largest absolute Gasteiger partial charge is 0.394 e. The Morgan fingerprint density at radius 1 is 0.750 bits per heavy atom. The Labute approximate surface area is 198 Å². The average molecular weight is 472 g/mol. The van der Waals surface area contributed by atoms with Crippen LogP contribution in [0.25, 0.3) is 6.08 Å². The summed E-state index contributed by atoms with van der Waals surface area (Å²) in [6.45, 7) is 7.19. The van der Waals surface area contributed by atoms with E-state index in [0.717, 1.165) is 0 Å². The second-order valence-electron chi connectivity index (χ2n) is 8.46. The van der Waals surface area contributed by atoms with Gasteiger partial charge in [-0.1, -0.05) is 133 Å². The quantitative estimate of drug-likeness (QED) is 0.191. The minimum atomic E-state index is -4.67. The number of hydrogen-bond donors (Lipinski definition) is 2. The van der Waals surface area contributed by atoms with E-state index in [2.05, 4.69) is 32.5 Å². The van der Waals surface area contributed by atoms with Gasteiger partial charge in [0.25, 0.3) is 0 Å². The highest BCUT2D eigenvalue weighted by Gasteiger charge is 1.94. The summed E-state index contributed by atoms with van der Waals surface area (Å²) in [4.78, 5) is 2.29. The Kier molecular flexibility index (Phi) is 25.2. The van der Waals surface area contributed by atoms with Gasteiger partial charge in [-0.2, -0.15) is 8.42 Å². The zero-order valence-corrected chi connectivity index (χ0v) is 21.7.